The fourth-order valence-electron chi connectivity index (χ4n) is 2.62. The van der Waals surface area contributed by atoms with Gasteiger partial charge in [0.1, 0.15) is 0 Å². The zero-order valence-corrected chi connectivity index (χ0v) is 9.55. The molecule has 0 bridgehead atoms. The van der Waals surface area contributed by atoms with Crippen LogP contribution in [-0.4, -0.2) is 25.2 Å². The highest BCUT2D eigenvalue weighted by Crippen LogP contribution is 2.33. The summed E-state index contributed by atoms with van der Waals surface area (Å²) < 4.78 is 0. The van der Waals surface area contributed by atoms with Crippen LogP contribution in [0.1, 0.15) is 39.5 Å². The summed E-state index contributed by atoms with van der Waals surface area (Å²) in [7, 11) is 0. The Hall–Kier alpha value is -0.0800. The van der Waals surface area contributed by atoms with E-state index in [-0.39, 0.29) is 0 Å². The van der Waals surface area contributed by atoms with Crippen molar-refractivity contribution in [3.8, 4) is 0 Å². The summed E-state index contributed by atoms with van der Waals surface area (Å²) in [6, 6.07) is 1.58. The Kier molecular flexibility index (Phi) is 3.45. The standard InChI is InChI=1S/C12H24N2/c1-3-10-7-12(10)14-8-11-6-9(2)4-5-13-11/h9-14H,3-8H2,1-2H3. The van der Waals surface area contributed by atoms with Gasteiger partial charge in [-0.15, -0.1) is 0 Å². The Bertz CT molecular complexity index is 181. The molecule has 0 aromatic rings. The van der Waals surface area contributed by atoms with Crippen LogP contribution in [0.5, 0.6) is 0 Å². The molecule has 1 aliphatic heterocycles. The van der Waals surface area contributed by atoms with E-state index in [1.54, 1.807) is 0 Å². The van der Waals surface area contributed by atoms with Crippen LogP contribution in [0.25, 0.3) is 0 Å². The molecule has 0 amide bonds. The lowest BCUT2D eigenvalue weighted by atomic mass is 9.94. The van der Waals surface area contributed by atoms with Crippen LogP contribution in [0.2, 0.25) is 0 Å². The minimum Gasteiger partial charge on any atom is -0.313 e. The second-order valence-electron chi connectivity index (χ2n) is 5.20. The number of rotatable bonds is 4. The van der Waals surface area contributed by atoms with Crippen molar-refractivity contribution in [2.45, 2.75) is 51.6 Å². The highest BCUT2D eigenvalue weighted by Gasteiger charge is 2.35. The number of hydrogen-bond acceptors (Lipinski definition) is 2. The Labute approximate surface area is 87.8 Å². The van der Waals surface area contributed by atoms with Crippen molar-refractivity contribution in [1.82, 2.24) is 10.6 Å². The topological polar surface area (TPSA) is 24.1 Å². The van der Waals surface area contributed by atoms with E-state index in [2.05, 4.69) is 24.5 Å². The summed E-state index contributed by atoms with van der Waals surface area (Å²) in [4.78, 5) is 0. The average Bonchev–Trinajstić information content (AvgIpc) is 2.93. The van der Waals surface area contributed by atoms with Gasteiger partial charge < -0.3 is 10.6 Å². The van der Waals surface area contributed by atoms with Crippen molar-refractivity contribution < 1.29 is 0 Å². The van der Waals surface area contributed by atoms with E-state index in [4.69, 9.17) is 0 Å². The summed E-state index contributed by atoms with van der Waals surface area (Å²) in [6.07, 6.45) is 5.49. The Morgan fingerprint density at radius 3 is 2.86 bits per heavy atom. The van der Waals surface area contributed by atoms with E-state index in [9.17, 15) is 0 Å². The molecule has 1 aliphatic carbocycles. The maximum Gasteiger partial charge on any atom is 0.0195 e. The number of hydrogen-bond donors (Lipinski definition) is 2. The van der Waals surface area contributed by atoms with Gasteiger partial charge in [-0.2, -0.15) is 0 Å². The minimum atomic E-state index is 0.733. The molecule has 0 aromatic carbocycles. The summed E-state index contributed by atoms with van der Waals surface area (Å²) in [5.74, 6) is 1.90. The molecule has 1 saturated carbocycles. The quantitative estimate of drug-likeness (QED) is 0.716. The second kappa shape index (κ2) is 4.63. The van der Waals surface area contributed by atoms with Crippen molar-refractivity contribution >= 4 is 0 Å². The van der Waals surface area contributed by atoms with Gasteiger partial charge in [-0.05, 0) is 37.6 Å². The van der Waals surface area contributed by atoms with E-state index in [1.165, 1.54) is 38.8 Å². The second-order valence-corrected chi connectivity index (χ2v) is 5.20. The van der Waals surface area contributed by atoms with Crippen molar-refractivity contribution in [3.63, 3.8) is 0 Å². The molecule has 14 heavy (non-hydrogen) atoms. The normalized spacial score (nSPS) is 42.4. The molecule has 1 saturated heterocycles. The summed E-state index contributed by atoms with van der Waals surface area (Å²) in [6.45, 7) is 7.08. The Morgan fingerprint density at radius 1 is 1.36 bits per heavy atom. The van der Waals surface area contributed by atoms with Gasteiger partial charge in [-0.1, -0.05) is 20.3 Å². The van der Waals surface area contributed by atoms with Gasteiger partial charge in [-0.3, -0.25) is 0 Å². The zero-order valence-electron chi connectivity index (χ0n) is 9.55. The molecule has 2 heteroatoms. The number of nitrogens with one attached hydrogen (secondary N) is 2. The van der Waals surface area contributed by atoms with Crippen LogP contribution < -0.4 is 10.6 Å². The van der Waals surface area contributed by atoms with Crippen molar-refractivity contribution in [3.05, 3.63) is 0 Å². The van der Waals surface area contributed by atoms with E-state index in [0.29, 0.717) is 0 Å². The highest BCUT2D eigenvalue weighted by atomic mass is 15.0. The predicted molar refractivity (Wildman–Crippen MR) is 60.4 cm³/mol. The fourth-order valence-corrected chi connectivity index (χ4v) is 2.62. The third-order valence-electron chi connectivity index (χ3n) is 3.83. The number of piperidine rings is 1. The maximum absolute atomic E-state index is 3.69. The van der Waals surface area contributed by atoms with E-state index in [0.717, 1.165) is 23.9 Å². The maximum atomic E-state index is 3.69. The first kappa shape index (κ1) is 10.4. The molecule has 4 atom stereocenters. The average molecular weight is 196 g/mol. The first-order valence-corrected chi connectivity index (χ1v) is 6.26. The molecule has 4 unspecified atom stereocenters. The lowest BCUT2D eigenvalue weighted by Crippen LogP contribution is -2.44. The zero-order chi connectivity index (χ0) is 9.97. The van der Waals surface area contributed by atoms with Crippen LogP contribution in [0.4, 0.5) is 0 Å². The molecular weight excluding hydrogens is 172 g/mol. The van der Waals surface area contributed by atoms with Crippen molar-refractivity contribution in [2.24, 2.45) is 11.8 Å². The van der Waals surface area contributed by atoms with Gasteiger partial charge in [-0.25, -0.2) is 0 Å². The van der Waals surface area contributed by atoms with Gasteiger partial charge in [0, 0.05) is 18.6 Å². The molecule has 0 spiro atoms. The first-order valence-electron chi connectivity index (χ1n) is 6.26. The molecule has 2 fully saturated rings. The van der Waals surface area contributed by atoms with E-state index < -0.39 is 0 Å². The van der Waals surface area contributed by atoms with E-state index >= 15 is 0 Å². The minimum absolute atomic E-state index is 0.733. The van der Waals surface area contributed by atoms with Crippen LogP contribution >= 0.6 is 0 Å². The smallest absolute Gasteiger partial charge is 0.0195 e. The van der Waals surface area contributed by atoms with E-state index in [1.807, 2.05) is 0 Å². The Balaban J connectivity index is 1.61. The molecule has 2 rings (SSSR count). The van der Waals surface area contributed by atoms with Crippen LogP contribution in [0.15, 0.2) is 0 Å². The monoisotopic (exact) mass is 196 g/mol. The SMILES string of the molecule is CCC1CC1NCC1CC(C)CCN1. The summed E-state index contributed by atoms with van der Waals surface area (Å²) in [5, 5.41) is 7.29. The van der Waals surface area contributed by atoms with Crippen LogP contribution in [-0.2, 0) is 0 Å². The van der Waals surface area contributed by atoms with Gasteiger partial charge in [0.2, 0.25) is 0 Å². The van der Waals surface area contributed by atoms with Crippen molar-refractivity contribution in [1.29, 1.82) is 0 Å². The molecule has 0 radical (unpaired) electrons. The van der Waals surface area contributed by atoms with Gasteiger partial charge in [0.15, 0.2) is 0 Å². The van der Waals surface area contributed by atoms with Gasteiger partial charge in [0.05, 0.1) is 0 Å². The largest absolute Gasteiger partial charge is 0.313 e. The third kappa shape index (κ3) is 2.71. The molecule has 0 aromatic heterocycles. The Morgan fingerprint density at radius 2 is 2.21 bits per heavy atom. The molecular formula is C12H24N2. The third-order valence-corrected chi connectivity index (χ3v) is 3.83. The lowest BCUT2D eigenvalue weighted by Gasteiger charge is -2.28. The molecule has 82 valence electrons. The predicted octanol–water partition coefficient (Wildman–Crippen LogP) is 1.76. The summed E-state index contributed by atoms with van der Waals surface area (Å²) in [5.41, 5.74) is 0. The van der Waals surface area contributed by atoms with Crippen molar-refractivity contribution in [2.75, 3.05) is 13.1 Å². The lowest BCUT2D eigenvalue weighted by molar-refractivity contribution is 0.309. The van der Waals surface area contributed by atoms with Crippen LogP contribution in [0, 0.1) is 11.8 Å². The molecule has 2 nitrogen and oxygen atoms in total. The van der Waals surface area contributed by atoms with Crippen LogP contribution in [0.3, 0.4) is 0 Å². The molecule has 1 heterocycles. The highest BCUT2D eigenvalue weighted by molar-refractivity contribution is 4.93. The van der Waals surface area contributed by atoms with Gasteiger partial charge in [0.25, 0.3) is 0 Å². The van der Waals surface area contributed by atoms with Gasteiger partial charge >= 0.3 is 0 Å². The summed E-state index contributed by atoms with van der Waals surface area (Å²) >= 11 is 0. The molecule has 2 N–H and O–H groups in total. The molecule has 2 aliphatic rings. The fraction of sp³-hybridized carbons (Fsp3) is 1.00. The first-order chi connectivity index (χ1) is 6.79.